The number of carbonyl (C=O) groups excluding carboxylic acids is 2. The average molecular weight is 483 g/mol. The molecule has 0 unspecified atom stereocenters. The number of carbonyl (C=O) groups is 2. The highest BCUT2D eigenvalue weighted by atomic mass is 16.5. The predicted octanol–water partition coefficient (Wildman–Crippen LogP) is 4.81. The zero-order valence-corrected chi connectivity index (χ0v) is 20.3. The van der Waals surface area contributed by atoms with E-state index in [1.54, 1.807) is 33.5 Å². The monoisotopic (exact) mass is 482 g/mol. The Kier molecular flexibility index (Phi) is 5.21. The van der Waals surface area contributed by atoms with Crippen molar-refractivity contribution in [3.63, 3.8) is 0 Å². The Morgan fingerprint density at radius 2 is 1.56 bits per heavy atom. The van der Waals surface area contributed by atoms with E-state index < -0.39 is 11.8 Å². The van der Waals surface area contributed by atoms with E-state index in [0.29, 0.717) is 29.4 Å². The molecule has 1 aliphatic heterocycles. The van der Waals surface area contributed by atoms with Gasteiger partial charge in [0.05, 0.1) is 38.9 Å². The number of hydrogen-bond acceptors (Lipinski definition) is 5. The lowest BCUT2D eigenvalue weighted by atomic mass is 9.69. The van der Waals surface area contributed by atoms with Crippen molar-refractivity contribution < 1.29 is 23.8 Å². The van der Waals surface area contributed by atoms with Crippen molar-refractivity contribution in [3.8, 4) is 17.2 Å². The number of methoxy groups -OCH3 is 3. The predicted molar refractivity (Wildman–Crippen MR) is 136 cm³/mol. The zero-order chi connectivity index (χ0) is 25.0. The Balaban J connectivity index is 1.59. The van der Waals surface area contributed by atoms with Crippen LogP contribution in [0.1, 0.15) is 28.7 Å². The smallest absolute Gasteiger partial charge is 0.242 e. The van der Waals surface area contributed by atoms with Gasteiger partial charge in [-0.25, -0.2) is 4.90 Å². The van der Waals surface area contributed by atoms with Gasteiger partial charge in [-0.1, -0.05) is 18.2 Å². The number of anilines is 1. The van der Waals surface area contributed by atoms with Crippen LogP contribution in [0.2, 0.25) is 0 Å². The standard InChI is InChI=1S/C29H26N2O5/c1-34-17-9-11-22-21(14-17)25-23(30-22)15-20(19-13-18(35-2)10-12-24(19)36-3)26-27(25)29(33)31(28(26)32)16-7-5-4-6-8-16/h4-14,20,26-27,30H,15H2,1-3H3/t20-,26+,27-/m1/s1. The molecule has 0 saturated carbocycles. The minimum absolute atomic E-state index is 0.200. The van der Waals surface area contributed by atoms with Gasteiger partial charge in [0.15, 0.2) is 0 Å². The van der Waals surface area contributed by atoms with Crippen LogP contribution in [0.3, 0.4) is 0 Å². The molecule has 1 fully saturated rings. The zero-order valence-electron chi connectivity index (χ0n) is 20.3. The summed E-state index contributed by atoms with van der Waals surface area (Å²) in [5.41, 5.74) is 4.17. The number of para-hydroxylation sites is 1. The third-order valence-electron chi connectivity index (χ3n) is 7.50. The van der Waals surface area contributed by atoms with Crippen LogP contribution in [-0.2, 0) is 16.0 Å². The van der Waals surface area contributed by atoms with Crippen molar-refractivity contribution in [2.45, 2.75) is 18.3 Å². The Hall–Kier alpha value is -4.26. The van der Waals surface area contributed by atoms with Crippen LogP contribution in [0.25, 0.3) is 10.9 Å². The van der Waals surface area contributed by atoms with Gasteiger partial charge in [0.25, 0.3) is 0 Å². The van der Waals surface area contributed by atoms with Crippen molar-refractivity contribution in [1.29, 1.82) is 0 Å². The molecular weight excluding hydrogens is 456 g/mol. The van der Waals surface area contributed by atoms with E-state index in [1.807, 2.05) is 54.6 Å². The molecular formula is C29H26N2O5. The van der Waals surface area contributed by atoms with Crippen molar-refractivity contribution >= 4 is 28.4 Å². The minimum atomic E-state index is -0.636. The number of ether oxygens (including phenoxy) is 3. The van der Waals surface area contributed by atoms with E-state index in [-0.39, 0.29) is 17.7 Å². The molecule has 1 N–H and O–H groups in total. The maximum absolute atomic E-state index is 14.1. The number of nitrogens with zero attached hydrogens (tertiary/aromatic N) is 1. The lowest BCUT2D eigenvalue weighted by Gasteiger charge is -2.32. The second-order valence-electron chi connectivity index (χ2n) is 9.20. The Morgan fingerprint density at radius 1 is 0.833 bits per heavy atom. The number of hydrogen-bond donors (Lipinski definition) is 1. The maximum Gasteiger partial charge on any atom is 0.242 e. The molecule has 0 spiro atoms. The van der Waals surface area contributed by atoms with E-state index in [4.69, 9.17) is 14.2 Å². The first-order valence-electron chi connectivity index (χ1n) is 11.9. The molecule has 36 heavy (non-hydrogen) atoms. The highest BCUT2D eigenvalue weighted by molar-refractivity contribution is 6.25. The molecule has 2 heterocycles. The van der Waals surface area contributed by atoms with Gasteiger partial charge in [0, 0.05) is 28.1 Å². The summed E-state index contributed by atoms with van der Waals surface area (Å²) in [6.07, 6.45) is 0.554. The lowest BCUT2D eigenvalue weighted by Crippen LogP contribution is -2.32. The van der Waals surface area contributed by atoms with Gasteiger partial charge in [-0.15, -0.1) is 0 Å². The highest BCUT2D eigenvalue weighted by Crippen LogP contribution is 2.54. The summed E-state index contributed by atoms with van der Waals surface area (Å²) in [5, 5.41) is 0.909. The summed E-state index contributed by atoms with van der Waals surface area (Å²) in [4.78, 5) is 33.0. The van der Waals surface area contributed by atoms with E-state index in [2.05, 4.69) is 4.98 Å². The van der Waals surface area contributed by atoms with Crippen LogP contribution in [0.5, 0.6) is 17.2 Å². The lowest BCUT2D eigenvalue weighted by molar-refractivity contribution is -0.122. The van der Waals surface area contributed by atoms with Crippen molar-refractivity contribution in [1.82, 2.24) is 4.98 Å². The largest absolute Gasteiger partial charge is 0.497 e. The molecule has 7 nitrogen and oxygen atoms in total. The maximum atomic E-state index is 14.1. The summed E-state index contributed by atoms with van der Waals surface area (Å²) in [6, 6.07) is 20.5. The summed E-state index contributed by atoms with van der Waals surface area (Å²) < 4.78 is 16.7. The van der Waals surface area contributed by atoms with Gasteiger partial charge >= 0.3 is 0 Å². The Bertz CT molecular complexity index is 1490. The first-order chi connectivity index (χ1) is 17.5. The first-order valence-corrected chi connectivity index (χ1v) is 11.9. The number of rotatable bonds is 5. The molecule has 0 bridgehead atoms. The fraction of sp³-hybridized carbons (Fsp3) is 0.241. The van der Waals surface area contributed by atoms with Gasteiger partial charge in [-0.2, -0.15) is 0 Å². The van der Waals surface area contributed by atoms with Gasteiger partial charge in [0.2, 0.25) is 11.8 Å². The van der Waals surface area contributed by atoms with Crippen molar-refractivity contribution in [2.24, 2.45) is 5.92 Å². The first kappa shape index (κ1) is 22.2. The third-order valence-corrected chi connectivity index (χ3v) is 7.50. The third kappa shape index (κ3) is 3.19. The summed E-state index contributed by atoms with van der Waals surface area (Å²) in [7, 11) is 4.85. The van der Waals surface area contributed by atoms with Crippen molar-refractivity contribution in [2.75, 3.05) is 26.2 Å². The molecule has 4 aromatic rings. The van der Waals surface area contributed by atoms with Gasteiger partial charge < -0.3 is 19.2 Å². The number of aromatic nitrogens is 1. The number of amides is 2. The normalized spacial score (nSPS) is 20.9. The van der Waals surface area contributed by atoms with Gasteiger partial charge in [0.1, 0.15) is 17.2 Å². The molecule has 3 atom stereocenters. The van der Waals surface area contributed by atoms with Crippen LogP contribution in [0.4, 0.5) is 5.69 Å². The quantitative estimate of drug-likeness (QED) is 0.413. The topological polar surface area (TPSA) is 80.9 Å². The van der Waals surface area contributed by atoms with E-state index in [0.717, 1.165) is 27.7 Å². The molecule has 182 valence electrons. The van der Waals surface area contributed by atoms with E-state index in [1.165, 1.54) is 4.90 Å². The number of H-pyrrole nitrogens is 1. The molecule has 7 heteroatoms. The Morgan fingerprint density at radius 3 is 2.28 bits per heavy atom. The second kappa shape index (κ2) is 8.45. The average Bonchev–Trinajstić information content (AvgIpc) is 3.41. The molecule has 3 aromatic carbocycles. The van der Waals surface area contributed by atoms with Gasteiger partial charge in [-0.05, 0) is 60.5 Å². The molecule has 0 radical (unpaired) electrons. The highest BCUT2D eigenvalue weighted by Gasteiger charge is 2.56. The SMILES string of the molecule is COc1ccc(OC)c([C@H]2Cc3[nH]c4ccc(OC)cc4c3[C@H]3C(=O)N(c4ccccc4)C(=O)[C@@H]23)c1. The van der Waals surface area contributed by atoms with E-state index in [9.17, 15) is 9.59 Å². The molecule has 6 rings (SSSR count). The van der Waals surface area contributed by atoms with Crippen LogP contribution in [-0.4, -0.2) is 38.1 Å². The van der Waals surface area contributed by atoms with Crippen LogP contribution >= 0.6 is 0 Å². The fourth-order valence-corrected chi connectivity index (χ4v) is 5.90. The number of benzene rings is 3. The Labute approximate surface area is 208 Å². The molecule has 1 aromatic heterocycles. The number of aromatic amines is 1. The molecule has 2 aliphatic rings. The molecule has 1 aliphatic carbocycles. The van der Waals surface area contributed by atoms with E-state index >= 15 is 0 Å². The fourth-order valence-electron chi connectivity index (χ4n) is 5.90. The summed E-state index contributed by atoms with van der Waals surface area (Å²) in [6.45, 7) is 0. The van der Waals surface area contributed by atoms with Crippen LogP contribution < -0.4 is 19.1 Å². The summed E-state index contributed by atoms with van der Waals surface area (Å²) >= 11 is 0. The second-order valence-corrected chi connectivity index (χ2v) is 9.20. The van der Waals surface area contributed by atoms with Crippen molar-refractivity contribution in [3.05, 3.63) is 83.6 Å². The summed E-state index contributed by atoms with van der Waals surface area (Å²) in [5.74, 6) is 0.119. The number of imide groups is 1. The minimum Gasteiger partial charge on any atom is -0.497 e. The van der Waals surface area contributed by atoms with Crippen LogP contribution in [0.15, 0.2) is 66.7 Å². The van der Waals surface area contributed by atoms with Crippen LogP contribution in [0, 0.1) is 5.92 Å². The number of nitrogens with one attached hydrogen (secondary N) is 1. The van der Waals surface area contributed by atoms with Gasteiger partial charge in [-0.3, -0.25) is 9.59 Å². The molecule has 2 amide bonds. The number of fused-ring (bicyclic) bond motifs is 5. The molecule has 1 saturated heterocycles.